The molecule has 0 radical (unpaired) electrons. The summed E-state index contributed by atoms with van der Waals surface area (Å²) in [5.74, 6) is 0. The predicted molar refractivity (Wildman–Crippen MR) is 202 cm³/mol. The van der Waals surface area contributed by atoms with Crippen LogP contribution in [0.15, 0.2) is 183 Å². The quantitative estimate of drug-likeness (QED) is 0.181. The summed E-state index contributed by atoms with van der Waals surface area (Å²) in [6.07, 6.45) is 7.48. The molecule has 0 unspecified atom stereocenters. The fraction of sp³-hybridized carbons (Fsp3) is 0. The van der Waals surface area contributed by atoms with Crippen molar-refractivity contribution < 1.29 is 0 Å². The second kappa shape index (κ2) is 11.8. The molecule has 2 heteroatoms. The molecule has 0 atom stereocenters. The van der Waals surface area contributed by atoms with E-state index in [1.54, 1.807) is 0 Å². The fourth-order valence-corrected chi connectivity index (χ4v) is 7.10. The first-order valence-electron chi connectivity index (χ1n) is 16.3. The highest BCUT2D eigenvalue weighted by Crippen LogP contribution is 2.40. The first-order chi connectivity index (χ1) is 23.8. The van der Waals surface area contributed by atoms with Crippen molar-refractivity contribution in [3.05, 3.63) is 183 Å². The van der Waals surface area contributed by atoms with Gasteiger partial charge in [-0.3, -0.25) is 9.97 Å². The smallest absolute Gasteiger partial charge is 0.0346 e. The summed E-state index contributed by atoms with van der Waals surface area (Å²) in [7, 11) is 0. The number of pyridine rings is 2. The highest BCUT2D eigenvalue weighted by molar-refractivity contribution is 6.25. The predicted octanol–water partition coefficient (Wildman–Crippen LogP) is 12.3. The molecule has 2 heterocycles. The van der Waals surface area contributed by atoms with Gasteiger partial charge in [-0.1, -0.05) is 121 Å². The van der Waals surface area contributed by atoms with Gasteiger partial charge in [0, 0.05) is 35.9 Å². The van der Waals surface area contributed by atoms with Crippen LogP contribution in [0.5, 0.6) is 0 Å². The van der Waals surface area contributed by atoms with Crippen LogP contribution in [0, 0.1) is 0 Å². The van der Waals surface area contributed by atoms with E-state index in [2.05, 4.69) is 156 Å². The molecule has 0 bridgehead atoms. The minimum Gasteiger partial charge on any atom is -0.264 e. The standard InChI is InChI=1S/C46H30N2/c1-2-12-40(38-26-36(34-9-7-23-47-29-34)25-37(27-38)35-10-8-24-48-30-35)39(11-1)32-19-17-31(18-20-32)33-21-22-45-43-15-4-3-13-41(43)42-14-5-6-16-44(42)46(45)28-33/h1-30H. The third-order valence-corrected chi connectivity index (χ3v) is 9.43. The van der Waals surface area contributed by atoms with E-state index in [-0.39, 0.29) is 0 Å². The van der Waals surface area contributed by atoms with Crippen molar-refractivity contribution in [2.24, 2.45) is 0 Å². The number of nitrogens with zero attached hydrogens (tertiary/aromatic N) is 2. The van der Waals surface area contributed by atoms with E-state index >= 15 is 0 Å². The van der Waals surface area contributed by atoms with Crippen molar-refractivity contribution in [1.29, 1.82) is 0 Å². The van der Waals surface area contributed by atoms with Gasteiger partial charge in [0.1, 0.15) is 0 Å². The SMILES string of the molecule is c1cncc(-c2cc(-c3cccnc3)cc(-c3ccccc3-c3ccc(-c4ccc5c6ccccc6c6ccccc6c5c4)cc3)c2)c1. The number of rotatable bonds is 5. The van der Waals surface area contributed by atoms with E-state index in [1.165, 1.54) is 60.1 Å². The number of fused-ring (bicyclic) bond motifs is 6. The van der Waals surface area contributed by atoms with E-state index in [0.29, 0.717) is 0 Å². The highest BCUT2D eigenvalue weighted by atomic mass is 14.6. The molecule has 0 fully saturated rings. The van der Waals surface area contributed by atoms with Crippen LogP contribution in [0.2, 0.25) is 0 Å². The molecule has 0 saturated carbocycles. The molecule has 9 aromatic rings. The van der Waals surface area contributed by atoms with Crippen LogP contribution >= 0.6 is 0 Å². The van der Waals surface area contributed by atoms with E-state index in [0.717, 1.165) is 27.8 Å². The molecule has 0 N–H and O–H groups in total. The summed E-state index contributed by atoms with van der Waals surface area (Å²) < 4.78 is 0. The summed E-state index contributed by atoms with van der Waals surface area (Å²) in [6, 6.07) is 57.1. The lowest BCUT2D eigenvalue weighted by Gasteiger charge is -2.15. The molecule has 0 aliphatic rings. The number of benzene rings is 7. The maximum atomic E-state index is 4.40. The maximum absolute atomic E-state index is 4.40. The minimum atomic E-state index is 1.09. The Morgan fingerprint density at radius 1 is 0.250 bits per heavy atom. The van der Waals surface area contributed by atoms with Gasteiger partial charge in [-0.05, 0) is 113 Å². The third kappa shape index (κ3) is 4.92. The summed E-state index contributed by atoms with van der Waals surface area (Å²) in [4.78, 5) is 8.79. The third-order valence-electron chi connectivity index (χ3n) is 9.43. The van der Waals surface area contributed by atoms with Gasteiger partial charge < -0.3 is 0 Å². The molecule has 224 valence electrons. The summed E-state index contributed by atoms with van der Waals surface area (Å²) >= 11 is 0. The molecule has 0 aliphatic carbocycles. The molecule has 7 aromatic carbocycles. The van der Waals surface area contributed by atoms with Gasteiger partial charge in [0.2, 0.25) is 0 Å². The molecular weight excluding hydrogens is 581 g/mol. The van der Waals surface area contributed by atoms with Gasteiger partial charge in [0.05, 0.1) is 0 Å². The molecule has 9 rings (SSSR count). The van der Waals surface area contributed by atoms with Gasteiger partial charge in [0.25, 0.3) is 0 Å². The maximum Gasteiger partial charge on any atom is 0.0346 e. The van der Waals surface area contributed by atoms with Crippen LogP contribution in [-0.2, 0) is 0 Å². The molecule has 48 heavy (non-hydrogen) atoms. The van der Waals surface area contributed by atoms with Gasteiger partial charge in [-0.15, -0.1) is 0 Å². The summed E-state index contributed by atoms with van der Waals surface area (Å²) in [6.45, 7) is 0. The number of hydrogen-bond acceptors (Lipinski definition) is 2. The number of hydrogen-bond donors (Lipinski definition) is 0. The van der Waals surface area contributed by atoms with Crippen molar-refractivity contribution in [2.45, 2.75) is 0 Å². The van der Waals surface area contributed by atoms with Crippen LogP contribution in [0.3, 0.4) is 0 Å². The molecule has 0 saturated heterocycles. The molecule has 2 aromatic heterocycles. The van der Waals surface area contributed by atoms with Crippen molar-refractivity contribution in [3.63, 3.8) is 0 Å². The van der Waals surface area contributed by atoms with E-state index in [9.17, 15) is 0 Å². The zero-order valence-corrected chi connectivity index (χ0v) is 26.2. The van der Waals surface area contributed by atoms with Crippen LogP contribution in [0.25, 0.3) is 88.0 Å². The Kier molecular flexibility index (Phi) is 6.84. The van der Waals surface area contributed by atoms with Crippen LogP contribution < -0.4 is 0 Å². The van der Waals surface area contributed by atoms with Gasteiger partial charge in [-0.25, -0.2) is 0 Å². The summed E-state index contributed by atoms with van der Waals surface area (Å²) in [5.41, 5.74) is 11.6. The largest absolute Gasteiger partial charge is 0.264 e. The average molecular weight is 611 g/mol. The van der Waals surface area contributed by atoms with E-state index < -0.39 is 0 Å². The first kappa shape index (κ1) is 27.9. The second-order valence-corrected chi connectivity index (χ2v) is 12.3. The Balaban J connectivity index is 1.14. The Morgan fingerprint density at radius 3 is 1.23 bits per heavy atom. The highest BCUT2D eigenvalue weighted by Gasteiger charge is 2.13. The Morgan fingerprint density at radius 2 is 0.688 bits per heavy atom. The Bertz CT molecular complexity index is 2500. The number of aromatic nitrogens is 2. The second-order valence-electron chi connectivity index (χ2n) is 12.3. The van der Waals surface area contributed by atoms with E-state index in [4.69, 9.17) is 0 Å². The van der Waals surface area contributed by atoms with Crippen molar-refractivity contribution in [1.82, 2.24) is 9.97 Å². The lowest BCUT2D eigenvalue weighted by Crippen LogP contribution is -1.90. The van der Waals surface area contributed by atoms with Crippen molar-refractivity contribution >= 4 is 32.3 Å². The molecule has 0 aliphatic heterocycles. The zero-order chi connectivity index (χ0) is 31.9. The Hall–Kier alpha value is -6.38. The zero-order valence-electron chi connectivity index (χ0n) is 26.2. The van der Waals surface area contributed by atoms with Gasteiger partial charge >= 0.3 is 0 Å². The molecule has 0 spiro atoms. The van der Waals surface area contributed by atoms with E-state index in [1.807, 2.05) is 36.9 Å². The van der Waals surface area contributed by atoms with Crippen LogP contribution in [0.4, 0.5) is 0 Å². The minimum absolute atomic E-state index is 1.09. The van der Waals surface area contributed by atoms with Gasteiger partial charge in [0.15, 0.2) is 0 Å². The lowest BCUT2D eigenvalue weighted by atomic mass is 9.89. The monoisotopic (exact) mass is 610 g/mol. The topological polar surface area (TPSA) is 25.8 Å². The summed E-state index contributed by atoms with van der Waals surface area (Å²) in [5, 5.41) is 7.76. The molecule has 0 amide bonds. The molecule has 2 nitrogen and oxygen atoms in total. The van der Waals surface area contributed by atoms with Crippen LogP contribution in [-0.4, -0.2) is 9.97 Å². The lowest BCUT2D eigenvalue weighted by molar-refractivity contribution is 1.32. The fourth-order valence-electron chi connectivity index (χ4n) is 7.10. The van der Waals surface area contributed by atoms with Crippen molar-refractivity contribution in [3.8, 4) is 55.6 Å². The average Bonchev–Trinajstić information content (AvgIpc) is 3.18. The van der Waals surface area contributed by atoms with Crippen molar-refractivity contribution in [2.75, 3.05) is 0 Å². The van der Waals surface area contributed by atoms with Gasteiger partial charge in [-0.2, -0.15) is 0 Å². The first-order valence-corrected chi connectivity index (χ1v) is 16.3. The Labute approximate surface area is 279 Å². The van der Waals surface area contributed by atoms with Crippen LogP contribution in [0.1, 0.15) is 0 Å². The molecular formula is C46H30N2. The normalized spacial score (nSPS) is 11.3.